The molecular formula is C13H19Br2NOS. The lowest BCUT2D eigenvalue weighted by atomic mass is 10.2. The summed E-state index contributed by atoms with van der Waals surface area (Å²) < 4.78 is 7.56. The molecule has 1 aromatic carbocycles. The molecule has 0 atom stereocenters. The lowest BCUT2D eigenvalue weighted by molar-refractivity contribution is 0.336. The molecule has 102 valence electrons. The van der Waals surface area contributed by atoms with Gasteiger partial charge in [-0.15, -0.1) is 0 Å². The number of benzene rings is 1. The van der Waals surface area contributed by atoms with Gasteiger partial charge in [0.15, 0.2) is 0 Å². The van der Waals surface area contributed by atoms with Crippen molar-refractivity contribution >= 4 is 43.6 Å². The van der Waals surface area contributed by atoms with Gasteiger partial charge in [0, 0.05) is 6.54 Å². The van der Waals surface area contributed by atoms with Gasteiger partial charge in [-0.1, -0.05) is 0 Å². The highest BCUT2D eigenvalue weighted by molar-refractivity contribution is 9.11. The molecule has 0 amide bonds. The minimum absolute atomic E-state index is 0.670. The second-order valence-corrected chi connectivity index (χ2v) is 6.54. The SMILES string of the molecule is CCOc1c(Br)cc(CNCCCSC)cc1Br. The van der Waals surface area contributed by atoms with E-state index in [0.717, 1.165) is 27.8 Å². The molecule has 0 unspecified atom stereocenters. The topological polar surface area (TPSA) is 21.3 Å². The summed E-state index contributed by atoms with van der Waals surface area (Å²) in [6, 6.07) is 4.22. The fourth-order valence-electron chi connectivity index (χ4n) is 1.57. The van der Waals surface area contributed by atoms with Crippen molar-refractivity contribution in [1.82, 2.24) is 5.32 Å². The van der Waals surface area contributed by atoms with Crippen LogP contribution in [-0.2, 0) is 6.54 Å². The number of hydrogen-bond donors (Lipinski definition) is 1. The second kappa shape index (κ2) is 9.23. The largest absolute Gasteiger partial charge is 0.492 e. The van der Waals surface area contributed by atoms with E-state index in [9.17, 15) is 0 Å². The molecule has 0 radical (unpaired) electrons. The predicted molar refractivity (Wildman–Crippen MR) is 87.7 cm³/mol. The first-order valence-electron chi connectivity index (χ1n) is 5.99. The molecule has 5 heteroatoms. The molecule has 1 aromatic rings. The highest BCUT2D eigenvalue weighted by atomic mass is 79.9. The summed E-state index contributed by atoms with van der Waals surface area (Å²) in [5.41, 5.74) is 1.25. The van der Waals surface area contributed by atoms with Gasteiger partial charge in [-0.2, -0.15) is 11.8 Å². The molecule has 0 fully saturated rings. The second-order valence-electron chi connectivity index (χ2n) is 3.84. The van der Waals surface area contributed by atoms with Crippen molar-refractivity contribution in [3.63, 3.8) is 0 Å². The number of rotatable bonds is 8. The maximum Gasteiger partial charge on any atom is 0.147 e. The van der Waals surface area contributed by atoms with E-state index >= 15 is 0 Å². The van der Waals surface area contributed by atoms with Gasteiger partial charge in [0.1, 0.15) is 5.75 Å². The van der Waals surface area contributed by atoms with Crippen LogP contribution in [0.5, 0.6) is 5.75 Å². The van der Waals surface area contributed by atoms with Crippen molar-refractivity contribution < 1.29 is 4.74 Å². The normalized spacial score (nSPS) is 10.7. The molecule has 0 aliphatic heterocycles. The summed E-state index contributed by atoms with van der Waals surface area (Å²) in [6.07, 6.45) is 3.35. The highest BCUT2D eigenvalue weighted by Crippen LogP contribution is 2.34. The van der Waals surface area contributed by atoms with Crippen molar-refractivity contribution in [1.29, 1.82) is 0 Å². The monoisotopic (exact) mass is 395 g/mol. The molecule has 0 aliphatic rings. The number of ether oxygens (including phenoxy) is 1. The van der Waals surface area contributed by atoms with Crippen LogP contribution in [0.25, 0.3) is 0 Å². The molecule has 18 heavy (non-hydrogen) atoms. The predicted octanol–water partition coefficient (Wildman–Crippen LogP) is 4.45. The van der Waals surface area contributed by atoms with Crippen LogP contribution < -0.4 is 10.1 Å². The van der Waals surface area contributed by atoms with Gasteiger partial charge in [-0.05, 0) is 81.5 Å². The molecule has 0 saturated heterocycles. The maximum absolute atomic E-state index is 5.56. The summed E-state index contributed by atoms with van der Waals surface area (Å²) in [4.78, 5) is 0. The van der Waals surface area contributed by atoms with Crippen LogP contribution in [0.1, 0.15) is 18.9 Å². The van der Waals surface area contributed by atoms with Crippen LogP contribution in [0.4, 0.5) is 0 Å². The Hall–Kier alpha value is 0.290. The van der Waals surface area contributed by atoms with Crippen LogP contribution in [0.2, 0.25) is 0 Å². The Morgan fingerprint density at radius 1 is 1.28 bits per heavy atom. The number of nitrogens with one attached hydrogen (secondary N) is 1. The Balaban J connectivity index is 2.52. The smallest absolute Gasteiger partial charge is 0.147 e. The first-order valence-corrected chi connectivity index (χ1v) is 8.97. The Morgan fingerprint density at radius 2 is 1.94 bits per heavy atom. The fraction of sp³-hybridized carbons (Fsp3) is 0.538. The first-order chi connectivity index (χ1) is 8.69. The fourth-order valence-corrected chi connectivity index (χ4v) is 3.51. The summed E-state index contributed by atoms with van der Waals surface area (Å²) in [7, 11) is 0. The zero-order valence-electron chi connectivity index (χ0n) is 10.8. The number of thioether (sulfide) groups is 1. The lowest BCUT2D eigenvalue weighted by Crippen LogP contribution is -2.15. The molecule has 0 aromatic heterocycles. The van der Waals surface area contributed by atoms with Crippen molar-refractivity contribution in [2.45, 2.75) is 19.9 Å². The van der Waals surface area contributed by atoms with E-state index in [1.165, 1.54) is 17.7 Å². The minimum Gasteiger partial charge on any atom is -0.492 e. The molecule has 0 spiro atoms. The minimum atomic E-state index is 0.670. The van der Waals surface area contributed by atoms with Gasteiger partial charge in [-0.25, -0.2) is 0 Å². The third-order valence-corrected chi connectivity index (χ3v) is 4.25. The lowest BCUT2D eigenvalue weighted by Gasteiger charge is -2.11. The summed E-state index contributed by atoms with van der Waals surface area (Å²) in [5, 5.41) is 3.45. The van der Waals surface area contributed by atoms with E-state index in [-0.39, 0.29) is 0 Å². The zero-order valence-corrected chi connectivity index (χ0v) is 14.8. The molecule has 0 saturated carbocycles. The van der Waals surface area contributed by atoms with Gasteiger partial charge in [0.05, 0.1) is 15.6 Å². The average molecular weight is 397 g/mol. The third-order valence-electron chi connectivity index (χ3n) is 2.38. The van der Waals surface area contributed by atoms with E-state index in [1.807, 2.05) is 18.7 Å². The van der Waals surface area contributed by atoms with Crippen LogP contribution in [-0.4, -0.2) is 25.2 Å². The van der Waals surface area contributed by atoms with Crippen molar-refractivity contribution in [3.8, 4) is 5.75 Å². The molecule has 1 rings (SSSR count). The maximum atomic E-state index is 5.56. The van der Waals surface area contributed by atoms with Gasteiger partial charge in [-0.3, -0.25) is 0 Å². The zero-order chi connectivity index (χ0) is 13.4. The molecule has 0 heterocycles. The Bertz CT molecular complexity index is 351. The first kappa shape index (κ1) is 16.3. The average Bonchev–Trinajstić information content (AvgIpc) is 2.33. The van der Waals surface area contributed by atoms with Crippen molar-refractivity contribution in [2.75, 3.05) is 25.2 Å². The molecule has 0 bridgehead atoms. The van der Waals surface area contributed by atoms with Crippen LogP contribution in [0.3, 0.4) is 0 Å². The van der Waals surface area contributed by atoms with Gasteiger partial charge in [0.25, 0.3) is 0 Å². The van der Waals surface area contributed by atoms with E-state index in [4.69, 9.17) is 4.74 Å². The van der Waals surface area contributed by atoms with Crippen LogP contribution >= 0.6 is 43.6 Å². The molecule has 1 N–H and O–H groups in total. The van der Waals surface area contributed by atoms with Gasteiger partial charge >= 0.3 is 0 Å². The van der Waals surface area contributed by atoms with Gasteiger partial charge < -0.3 is 10.1 Å². The standard InChI is InChI=1S/C13H19Br2NOS/c1-3-17-13-11(14)7-10(8-12(13)15)9-16-5-4-6-18-2/h7-8,16H,3-6,9H2,1-2H3. The van der Waals surface area contributed by atoms with E-state index < -0.39 is 0 Å². The van der Waals surface area contributed by atoms with Crippen molar-refractivity contribution in [2.24, 2.45) is 0 Å². The van der Waals surface area contributed by atoms with E-state index in [2.05, 4.69) is 55.6 Å². The Morgan fingerprint density at radius 3 is 2.50 bits per heavy atom. The number of halogens is 2. The quantitative estimate of drug-likeness (QED) is 0.655. The van der Waals surface area contributed by atoms with E-state index in [1.54, 1.807) is 0 Å². The van der Waals surface area contributed by atoms with Gasteiger partial charge in [0.2, 0.25) is 0 Å². The third kappa shape index (κ3) is 5.51. The van der Waals surface area contributed by atoms with Crippen LogP contribution in [0, 0.1) is 0 Å². The van der Waals surface area contributed by atoms with Crippen molar-refractivity contribution in [3.05, 3.63) is 26.6 Å². The Labute approximate surface area is 131 Å². The molecule has 2 nitrogen and oxygen atoms in total. The summed E-state index contributed by atoms with van der Waals surface area (Å²) >= 11 is 8.98. The van der Waals surface area contributed by atoms with E-state index in [0.29, 0.717) is 6.61 Å². The van der Waals surface area contributed by atoms with Crippen LogP contribution in [0.15, 0.2) is 21.1 Å². The number of hydrogen-bond acceptors (Lipinski definition) is 3. The molecule has 0 aliphatic carbocycles. The summed E-state index contributed by atoms with van der Waals surface area (Å²) in [5.74, 6) is 2.09. The molecular weight excluding hydrogens is 378 g/mol. The highest BCUT2D eigenvalue weighted by Gasteiger charge is 2.08. The summed E-state index contributed by atoms with van der Waals surface area (Å²) in [6.45, 7) is 4.60. The Kier molecular flexibility index (Phi) is 8.39.